The third-order valence-corrected chi connectivity index (χ3v) is 3.28. The van der Waals surface area contributed by atoms with Crippen LogP contribution in [0, 0.1) is 0 Å². The number of nitrogens with zero attached hydrogens (tertiary/aromatic N) is 3. The number of aryl methyl sites for hydroxylation is 1. The number of nitrogens with one attached hydrogen (secondary N) is 1. The predicted molar refractivity (Wildman–Crippen MR) is 75.3 cm³/mol. The molecule has 2 heterocycles. The van der Waals surface area contributed by atoms with Crippen molar-refractivity contribution in [3.05, 3.63) is 29.8 Å². The third kappa shape index (κ3) is 2.92. The van der Waals surface area contributed by atoms with Gasteiger partial charge in [-0.15, -0.1) is 10.2 Å². The maximum absolute atomic E-state index is 5.89. The summed E-state index contributed by atoms with van der Waals surface area (Å²) in [6.45, 7) is 4.27. The highest BCUT2D eigenvalue weighted by molar-refractivity contribution is 5.51. The highest BCUT2D eigenvalue weighted by Gasteiger charge is 2.18. The Morgan fingerprint density at radius 2 is 2.14 bits per heavy atom. The molecule has 1 aromatic carbocycles. The van der Waals surface area contributed by atoms with Crippen molar-refractivity contribution in [2.75, 3.05) is 13.3 Å². The van der Waals surface area contributed by atoms with Crippen LogP contribution >= 0.6 is 0 Å². The summed E-state index contributed by atoms with van der Waals surface area (Å²) in [5.74, 6) is 3.00. The van der Waals surface area contributed by atoms with Crippen molar-refractivity contribution in [3.8, 4) is 17.2 Å². The van der Waals surface area contributed by atoms with E-state index in [9.17, 15) is 0 Å². The topological polar surface area (TPSA) is 70.4 Å². The Kier molecular flexibility index (Phi) is 3.92. The monoisotopic (exact) mass is 290 g/mol. The molecule has 1 aliphatic heterocycles. The molecular weight excluding hydrogens is 272 g/mol. The first-order chi connectivity index (χ1) is 10.3. The van der Waals surface area contributed by atoms with Gasteiger partial charge in [0, 0.05) is 25.2 Å². The van der Waals surface area contributed by atoms with E-state index in [1.54, 1.807) is 6.33 Å². The number of rotatable bonds is 6. The van der Waals surface area contributed by atoms with Crippen molar-refractivity contribution in [2.24, 2.45) is 7.05 Å². The van der Waals surface area contributed by atoms with Crippen LogP contribution in [0.2, 0.25) is 0 Å². The predicted octanol–water partition coefficient (Wildman–Crippen LogP) is 1.23. The lowest BCUT2D eigenvalue weighted by molar-refractivity contribution is 0.173. The fourth-order valence-electron chi connectivity index (χ4n) is 2.08. The molecule has 2 aromatic rings. The Balaban J connectivity index is 1.80. The molecule has 0 unspecified atom stereocenters. The number of benzene rings is 1. The summed E-state index contributed by atoms with van der Waals surface area (Å²) in [7, 11) is 1.89. The molecule has 0 fully saturated rings. The first-order valence-electron chi connectivity index (χ1n) is 6.87. The van der Waals surface area contributed by atoms with Gasteiger partial charge in [-0.25, -0.2) is 0 Å². The van der Waals surface area contributed by atoms with Crippen molar-refractivity contribution in [1.82, 2.24) is 20.1 Å². The lowest BCUT2D eigenvalue weighted by atomic mass is 10.1. The molecule has 0 spiro atoms. The molecule has 7 nitrogen and oxygen atoms in total. The zero-order valence-electron chi connectivity index (χ0n) is 12.1. The van der Waals surface area contributed by atoms with Gasteiger partial charge in [-0.05, 0) is 12.6 Å². The molecule has 7 heteroatoms. The Labute approximate surface area is 122 Å². The molecule has 3 rings (SSSR count). The van der Waals surface area contributed by atoms with Gasteiger partial charge in [0.2, 0.25) is 6.79 Å². The van der Waals surface area contributed by atoms with E-state index in [2.05, 4.69) is 22.4 Å². The highest BCUT2D eigenvalue weighted by atomic mass is 16.7. The molecular formula is C14H18N4O3. The van der Waals surface area contributed by atoms with Gasteiger partial charge in [0.1, 0.15) is 18.7 Å². The standard InChI is InChI=1S/C14H18N4O3/c1-3-15-6-10-4-12-13(21-9-20-12)5-11(10)19-7-14-17-16-8-18(14)2/h4-5,8,15H,3,6-7,9H2,1-2H3. The summed E-state index contributed by atoms with van der Waals surface area (Å²) in [6, 6.07) is 3.82. The van der Waals surface area contributed by atoms with Crippen LogP contribution in [0.5, 0.6) is 17.2 Å². The summed E-state index contributed by atoms with van der Waals surface area (Å²) < 4.78 is 18.5. The minimum absolute atomic E-state index is 0.253. The largest absolute Gasteiger partial charge is 0.485 e. The zero-order chi connectivity index (χ0) is 14.7. The van der Waals surface area contributed by atoms with Gasteiger partial charge in [-0.2, -0.15) is 0 Å². The normalized spacial score (nSPS) is 12.7. The van der Waals surface area contributed by atoms with E-state index in [0.717, 1.165) is 29.4 Å². The van der Waals surface area contributed by atoms with Gasteiger partial charge in [0.25, 0.3) is 0 Å². The van der Waals surface area contributed by atoms with E-state index < -0.39 is 0 Å². The van der Waals surface area contributed by atoms with Gasteiger partial charge in [-0.1, -0.05) is 6.92 Å². The molecule has 112 valence electrons. The third-order valence-electron chi connectivity index (χ3n) is 3.28. The Bertz CT molecular complexity index is 627. The van der Waals surface area contributed by atoms with Crippen LogP contribution in [-0.4, -0.2) is 28.1 Å². The molecule has 1 N–H and O–H groups in total. The first-order valence-corrected chi connectivity index (χ1v) is 6.87. The maximum atomic E-state index is 5.89. The molecule has 1 aliphatic rings. The average molecular weight is 290 g/mol. The van der Waals surface area contributed by atoms with Crippen molar-refractivity contribution >= 4 is 0 Å². The van der Waals surface area contributed by atoms with Gasteiger partial charge in [0.05, 0.1) is 0 Å². The molecule has 21 heavy (non-hydrogen) atoms. The summed E-state index contributed by atoms with van der Waals surface area (Å²) in [5.41, 5.74) is 1.03. The number of aromatic nitrogens is 3. The van der Waals surface area contributed by atoms with Crippen molar-refractivity contribution < 1.29 is 14.2 Å². The Morgan fingerprint density at radius 3 is 2.86 bits per heavy atom. The van der Waals surface area contributed by atoms with Gasteiger partial charge >= 0.3 is 0 Å². The summed E-state index contributed by atoms with van der Waals surface area (Å²) in [4.78, 5) is 0. The zero-order valence-corrected chi connectivity index (χ0v) is 12.1. The second-order valence-corrected chi connectivity index (χ2v) is 4.74. The minimum Gasteiger partial charge on any atom is -0.485 e. The molecule has 0 atom stereocenters. The number of ether oxygens (including phenoxy) is 3. The number of fused-ring (bicyclic) bond motifs is 1. The first kappa shape index (κ1) is 13.7. The molecule has 1 aromatic heterocycles. The molecule has 0 aliphatic carbocycles. The van der Waals surface area contributed by atoms with Crippen LogP contribution in [0.4, 0.5) is 0 Å². The van der Waals surface area contributed by atoms with E-state index in [1.807, 2.05) is 23.7 Å². The van der Waals surface area contributed by atoms with Gasteiger partial charge < -0.3 is 24.1 Å². The molecule has 0 bridgehead atoms. The summed E-state index contributed by atoms with van der Waals surface area (Å²) in [6.07, 6.45) is 1.65. The fourth-order valence-corrected chi connectivity index (χ4v) is 2.08. The lowest BCUT2D eigenvalue weighted by Gasteiger charge is -2.12. The summed E-state index contributed by atoms with van der Waals surface area (Å²) in [5, 5.41) is 11.1. The fraction of sp³-hybridized carbons (Fsp3) is 0.429. The van der Waals surface area contributed by atoms with Crippen LogP contribution in [0.25, 0.3) is 0 Å². The van der Waals surface area contributed by atoms with Crippen LogP contribution < -0.4 is 19.5 Å². The Morgan fingerprint density at radius 1 is 1.33 bits per heavy atom. The van der Waals surface area contributed by atoms with E-state index in [4.69, 9.17) is 14.2 Å². The van der Waals surface area contributed by atoms with E-state index in [-0.39, 0.29) is 6.79 Å². The molecule has 0 amide bonds. The van der Waals surface area contributed by atoms with Gasteiger partial charge in [0.15, 0.2) is 17.3 Å². The van der Waals surface area contributed by atoms with Crippen LogP contribution in [0.3, 0.4) is 0 Å². The van der Waals surface area contributed by atoms with E-state index >= 15 is 0 Å². The Hall–Kier alpha value is -2.28. The van der Waals surface area contributed by atoms with Crippen LogP contribution in [0.15, 0.2) is 18.5 Å². The second-order valence-electron chi connectivity index (χ2n) is 4.74. The number of hydrogen-bond donors (Lipinski definition) is 1. The van der Waals surface area contributed by atoms with Crippen LogP contribution in [-0.2, 0) is 20.2 Å². The van der Waals surface area contributed by atoms with E-state index in [1.165, 1.54) is 0 Å². The maximum Gasteiger partial charge on any atom is 0.231 e. The average Bonchev–Trinajstić information content (AvgIpc) is 3.10. The van der Waals surface area contributed by atoms with Crippen molar-refractivity contribution in [3.63, 3.8) is 0 Å². The molecule has 0 saturated heterocycles. The highest BCUT2D eigenvalue weighted by Crippen LogP contribution is 2.38. The quantitative estimate of drug-likeness (QED) is 0.863. The second kappa shape index (κ2) is 6.01. The van der Waals surface area contributed by atoms with Gasteiger partial charge in [-0.3, -0.25) is 0 Å². The smallest absolute Gasteiger partial charge is 0.231 e. The lowest BCUT2D eigenvalue weighted by Crippen LogP contribution is -2.13. The van der Waals surface area contributed by atoms with E-state index in [0.29, 0.717) is 18.9 Å². The number of hydrogen-bond acceptors (Lipinski definition) is 6. The molecule has 0 radical (unpaired) electrons. The molecule has 0 saturated carbocycles. The minimum atomic E-state index is 0.253. The van der Waals surface area contributed by atoms with Crippen molar-refractivity contribution in [2.45, 2.75) is 20.1 Å². The summed E-state index contributed by atoms with van der Waals surface area (Å²) >= 11 is 0. The van der Waals surface area contributed by atoms with Crippen LogP contribution in [0.1, 0.15) is 18.3 Å². The SMILES string of the molecule is CCNCc1cc2c(cc1OCc1nncn1C)OCO2. The van der Waals surface area contributed by atoms with Crippen molar-refractivity contribution in [1.29, 1.82) is 0 Å².